The van der Waals surface area contributed by atoms with Gasteiger partial charge in [-0.15, -0.1) is 0 Å². The van der Waals surface area contributed by atoms with Gasteiger partial charge in [0.25, 0.3) is 5.91 Å². The zero-order valence-electron chi connectivity index (χ0n) is 11.2. The van der Waals surface area contributed by atoms with Gasteiger partial charge in [0.1, 0.15) is 5.82 Å². The summed E-state index contributed by atoms with van der Waals surface area (Å²) >= 11 is 0. The molecule has 0 aromatic carbocycles. The minimum absolute atomic E-state index is 0.106. The molecular weight excluding hydrogens is 244 g/mol. The number of amides is 1. The standard InChI is InChI=1S/C13H20N4O2/c1-10-8-11(9-12(14)16-10)13(18)15-2-3-17-4-6-19-7-5-17/h8-9H,2-7H2,1H3,(H2,14,16)(H,15,18). The fraction of sp³-hybridized carbons (Fsp3) is 0.538. The Balaban J connectivity index is 1.80. The number of carbonyl (C=O) groups is 1. The highest BCUT2D eigenvalue weighted by molar-refractivity contribution is 5.94. The molecular formula is C13H20N4O2. The summed E-state index contributed by atoms with van der Waals surface area (Å²) in [6.07, 6.45) is 0. The van der Waals surface area contributed by atoms with E-state index < -0.39 is 0 Å². The largest absolute Gasteiger partial charge is 0.384 e. The van der Waals surface area contributed by atoms with Crippen LogP contribution in [0.5, 0.6) is 0 Å². The average Bonchev–Trinajstić information content (AvgIpc) is 2.38. The summed E-state index contributed by atoms with van der Waals surface area (Å²) in [5.41, 5.74) is 6.94. The zero-order chi connectivity index (χ0) is 13.7. The summed E-state index contributed by atoms with van der Waals surface area (Å²) in [4.78, 5) is 18.3. The number of aromatic nitrogens is 1. The molecule has 1 saturated heterocycles. The van der Waals surface area contributed by atoms with Gasteiger partial charge in [0.15, 0.2) is 0 Å². The zero-order valence-corrected chi connectivity index (χ0v) is 11.2. The quantitative estimate of drug-likeness (QED) is 0.802. The van der Waals surface area contributed by atoms with E-state index in [0.29, 0.717) is 17.9 Å². The van der Waals surface area contributed by atoms with E-state index in [1.807, 2.05) is 6.92 Å². The van der Waals surface area contributed by atoms with Gasteiger partial charge in [-0.25, -0.2) is 4.98 Å². The van der Waals surface area contributed by atoms with Crippen LogP contribution in [-0.2, 0) is 4.74 Å². The Morgan fingerprint density at radius 2 is 2.21 bits per heavy atom. The van der Waals surface area contributed by atoms with Gasteiger partial charge in [0, 0.05) is 37.4 Å². The number of ether oxygens (including phenoxy) is 1. The van der Waals surface area contributed by atoms with E-state index in [1.165, 1.54) is 0 Å². The van der Waals surface area contributed by atoms with Crippen molar-refractivity contribution in [3.63, 3.8) is 0 Å². The van der Waals surface area contributed by atoms with Crippen molar-refractivity contribution in [1.29, 1.82) is 0 Å². The second kappa shape index (κ2) is 6.49. The fourth-order valence-electron chi connectivity index (χ4n) is 2.08. The van der Waals surface area contributed by atoms with Gasteiger partial charge in [0.2, 0.25) is 0 Å². The van der Waals surface area contributed by atoms with Crippen LogP contribution in [0, 0.1) is 6.92 Å². The highest BCUT2D eigenvalue weighted by Crippen LogP contribution is 2.06. The first kappa shape index (κ1) is 13.8. The maximum atomic E-state index is 12.0. The molecule has 1 aromatic rings. The summed E-state index contributed by atoms with van der Waals surface area (Å²) in [5, 5.41) is 2.90. The normalized spacial score (nSPS) is 16.3. The molecule has 0 spiro atoms. The van der Waals surface area contributed by atoms with Gasteiger partial charge in [0.05, 0.1) is 13.2 Å². The molecule has 104 valence electrons. The third kappa shape index (κ3) is 4.18. The van der Waals surface area contributed by atoms with Gasteiger partial charge in [-0.3, -0.25) is 9.69 Å². The summed E-state index contributed by atoms with van der Waals surface area (Å²) in [6, 6.07) is 3.33. The molecule has 0 bridgehead atoms. The van der Waals surface area contributed by atoms with Gasteiger partial charge in [-0.05, 0) is 19.1 Å². The van der Waals surface area contributed by atoms with Crippen LogP contribution in [0.25, 0.3) is 0 Å². The van der Waals surface area contributed by atoms with E-state index >= 15 is 0 Å². The second-order valence-corrected chi connectivity index (χ2v) is 4.63. The van der Waals surface area contributed by atoms with Crippen LogP contribution in [0.4, 0.5) is 5.82 Å². The molecule has 19 heavy (non-hydrogen) atoms. The van der Waals surface area contributed by atoms with Crippen LogP contribution in [0.15, 0.2) is 12.1 Å². The predicted octanol–water partition coefficient (Wildman–Crippen LogP) is 0.0342. The Morgan fingerprint density at radius 3 is 2.89 bits per heavy atom. The molecule has 1 fully saturated rings. The molecule has 0 aliphatic carbocycles. The van der Waals surface area contributed by atoms with Crippen LogP contribution in [0.3, 0.4) is 0 Å². The van der Waals surface area contributed by atoms with Crippen molar-refractivity contribution in [2.45, 2.75) is 6.92 Å². The van der Waals surface area contributed by atoms with E-state index in [4.69, 9.17) is 10.5 Å². The Kier molecular flexibility index (Phi) is 4.70. The first-order chi connectivity index (χ1) is 9.15. The number of nitrogens with zero attached hydrogens (tertiary/aromatic N) is 2. The number of carbonyl (C=O) groups excluding carboxylic acids is 1. The number of hydrogen-bond acceptors (Lipinski definition) is 5. The minimum atomic E-state index is -0.106. The molecule has 1 amide bonds. The van der Waals surface area contributed by atoms with Crippen LogP contribution in [-0.4, -0.2) is 55.2 Å². The smallest absolute Gasteiger partial charge is 0.251 e. The monoisotopic (exact) mass is 264 g/mol. The van der Waals surface area contributed by atoms with Crippen LogP contribution < -0.4 is 11.1 Å². The van der Waals surface area contributed by atoms with Crippen molar-refractivity contribution in [2.75, 3.05) is 45.1 Å². The number of nitrogen functional groups attached to an aromatic ring is 1. The highest BCUT2D eigenvalue weighted by atomic mass is 16.5. The van der Waals surface area contributed by atoms with Gasteiger partial charge < -0.3 is 15.8 Å². The number of hydrogen-bond donors (Lipinski definition) is 2. The number of morpholine rings is 1. The Bertz CT molecular complexity index is 424. The SMILES string of the molecule is Cc1cc(C(=O)NCCN2CCOCC2)cc(N)n1. The Morgan fingerprint density at radius 1 is 1.47 bits per heavy atom. The molecule has 6 heteroatoms. The van der Waals surface area contributed by atoms with Crippen LogP contribution in [0.1, 0.15) is 16.1 Å². The minimum Gasteiger partial charge on any atom is -0.384 e. The van der Waals surface area contributed by atoms with E-state index in [9.17, 15) is 4.79 Å². The molecule has 0 radical (unpaired) electrons. The Hall–Kier alpha value is -1.66. The van der Waals surface area contributed by atoms with E-state index in [1.54, 1.807) is 12.1 Å². The number of nitrogens with two attached hydrogens (primary N) is 1. The fourth-order valence-corrected chi connectivity index (χ4v) is 2.08. The number of pyridine rings is 1. The van der Waals surface area contributed by atoms with Crippen molar-refractivity contribution in [2.24, 2.45) is 0 Å². The van der Waals surface area contributed by atoms with Gasteiger partial charge in [-0.2, -0.15) is 0 Å². The predicted molar refractivity (Wildman–Crippen MR) is 73.0 cm³/mol. The maximum absolute atomic E-state index is 12.0. The summed E-state index contributed by atoms with van der Waals surface area (Å²) in [5.74, 6) is 0.267. The van der Waals surface area contributed by atoms with Crippen molar-refractivity contribution < 1.29 is 9.53 Å². The first-order valence-electron chi connectivity index (χ1n) is 6.47. The third-order valence-corrected chi connectivity index (χ3v) is 3.05. The molecule has 0 saturated carbocycles. The molecule has 1 aliphatic rings. The number of anilines is 1. The summed E-state index contributed by atoms with van der Waals surface area (Å²) in [6.45, 7) is 6.69. The van der Waals surface area contributed by atoms with Gasteiger partial charge in [-0.1, -0.05) is 0 Å². The second-order valence-electron chi connectivity index (χ2n) is 4.63. The van der Waals surface area contributed by atoms with Crippen LogP contribution in [0.2, 0.25) is 0 Å². The van der Waals surface area contributed by atoms with Crippen molar-refractivity contribution >= 4 is 11.7 Å². The molecule has 0 atom stereocenters. The summed E-state index contributed by atoms with van der Waals surface area (Å²) in [7, 11) is 0. The molecule has 0 unspecified atom stereocenters. The molecule has 1 aromatic heterocycles. The summed E-state index contributed by atoms with van der Waals surface area (Å²) < 4.78 is 5.27. The van der Waals surface area contributed by atoms with E-state index in [2.05, 4.69) is 15.2 Å². The molecule has 1 aliphatic heterocycles. The van der Waals surface area contributed by atoms with Crippen molar-refractivity contribution in [3.05, 3.63) is 23.4 Å². The number of rotatable bonds is 4. The lowest BCUT2D eigenvalue weighted by Crippen LogP contribution is -2.41. The Labute approximate surface area is 112 Å². The lowest BCUT2D eigenvalue weighted by atomic mass is 10.2. The van der Waals surface area contributed by atoms with Crippen molar-refractivity contribution in [1.82, 2.24) is 15.2 Å². The maximum Gasteiger partial charge on any atom is 0.251 e. The average molecular weight is 264 g/mol. The highest BCUT2D eigenvalue weighted by Gasteiger charge is 2.11. The number of nitrogens with one attached hydrogen (secondary N) is 1. The lowest BCUT2D eigenvalue weighted by molar-refractivity contribution is 0.0383. The van der Waals surface area contributed by atoms with Crippen molar-refractivity contribution in [3.8, 4) is 0 Å². The van der Waals surface area contributed by atoms with Gasteiger partial charge >= 0.3 is 0 Å². The first-order valence-corrected chi connectivity index (χ1v) is 6.47. The van der Waals surface area contributed by atoms with E-state index in [0.717, 1.165) is 38.5 Å². The number of aryl methyl sites for hydroxylation is 1. The molecule has 6 nitrogen and oxygen atoms in total. The molecule has 2 heterocycles. The lowest BCUT2D eigenvalue weighted by Gasteiger charge is -2.26. The topological polar surface area (TPSA) is 80.5 Å². The molecule has 2 rings (SSSR count). The van der Waals surface area contributed by atoms with Crippen LogP contribution >= 0.6 is 0 Å². The molecule has 3 N–H and O–H groups in total. The third-order valence-electron chi connectivity index (χ3n) is 3.05. The van der Waals surface area contributed by atoms with E-state index in [-0.39, 0.29) is 5.91 Å².